The van der Waals surface area contributed by atoms with Crippen molar-refractivity contribution < 1.29 is 9.53 Å². The number of rotatable bonds is 8. The Morgan fingerprint density at radius 2 is 1.64 bits per heavy atom. The third kappa shape index (κ3) is 5.62. The number of imidazole rings is 1. The van der Waals surface area contributed by atoms with E-state index in [9.17, 15) is 4.79 Å². The third-order valence-electron chi connectivity index (χ3n) is 5.59. The third-order valence-corrected chi connectivity index (χ3v) is 5.84. The zero-order valence-corrected chi connectivity index (χ0v) is 20.1. The van der Waals surface area contributed by atoms with Gasteiger partial charge >= 0.3 is 0 Å². The van der Waals surface area contributed by atoms with E-state index in [4.69, 9.17) is 21.3 Å². The number of ether oxygens (including phenoxy) is 1. The number of para-hydroxylation sites is 2. The number of nitrogens with one attached hydrogen (secondary N) is 1. The number of hydrazone groups is 1. The lowest BCUT2D eigenvalue weighted by Crippen LogP contribution is -2.23. The van der Waals surface area contributed by atoms with Gasteiger partial charge in [-0.1, -0.05) is 54.1 Å². The second-order valence-electron chi connectivity index (χ2n) is 8.15. The summed E-state index contributed by atoms with van der Waals surface area (Å²) in [5, 5.41) is 4.77. The minimum absolute atomic E-state index is 0.0715. The predicted octanol–water partition coefficient (Wildman–Crippen LogP) is 6.09. The van der Waals surface area contributed by atoms with Gasteiger partial charge in [0.25, 0.3) is 5.91 Å². The zero-order chi connectivity index (χ0) is 24.7. The van der Waals surface area contributed by atoms with Gasteiger partial charge in [-0.05, 0) is 71.8 Å². The first-order chi connectivity index (χ1) is 17.7. The summed E-state index contributed by atoms with van der Waals surface area (Å²) < 4.78 is 7.68. The molecule has 0 radical (unpaired) electrons. The molecule has 0 aliphatic carbocycles. The Morgan fingerprint density at radius 3 is 2.42 bits per heavy atom. The van der Waals surface area contributed by atoms with E-state index in [1.54, 1.807) is 6.21 Å². The molecule has 1 amide bonds. The van der Waals surface area contributed by atoms with E-state index in [2.05, 4.69) is 10.5 Å². The van der Waals surface area contributed by atoms with Crippen LogP contribution in [-0.4, -0.2) is 21.7 Å². The topological polar surface area (TPSA) is 68.5 Å². The van der Waals surface area contributed by atoms with Gasteiger partial charge in [0.2, 0.25) is 0 Å². The molecule has 0 aliphatic rings. The number of hydrogen-bond acceptors (Lipinski definition) is 4. The summed E-state index contributed by atoms with van der Waals surface area (Å²) in [6, 6.07) is 32.6. The Hall–Kier alpha value is -4.42. The van der Waals surface area contributed by atoms with Crippen LogP contribution in [0.5, 0.6) is 5.75 Å². The van der Waals surface area contributed by atoms with Crippen LogP contribution in [0, 0.1) is 0 Å². The van der Waals surface area contributed by atoms with Gasteiger partial charge < -0.3 is 9.30 Å². The van der Waals surface area contributed by atoms with Gasteiger partial charge in [-0.25, -0.2) is 10.4 Å². The number of halogens is 1. The van der Waals surface area contributed by atoms with Crippen molar-refractivity contribution in [1.29, 1.82) is 0 Å². The molecule has 0 atom stereocenters. The van der Waals surface area contributed by atoms with Gasteiger partial charge in [0.15, 0.2) is 0 Å². The van der Waals surface area contributed by atoms with Crippen molar-refractivity contribution in [3.8, 4) is 17.1 Å². The molecule has 1 heterocycles. The maximum Gasteiger partial charge on any atom is 0.260 e. The van der Waals surface area contributed by atoms with Crippen LogP contribution in [0.1, 0.15) is 11.1 Å². The number of nitrogens with zero attached hydrogens (tertiary/aromatic N) is 3. The number of benzene rings is 4. The Bertz CT molecular complexity index is 1490. The molecular formula is C29H23ClN4O2. The highest BCUT2D eigenvalue weighted by molar-refractivity contribution is 6.30. The molecule has 6 nitrogen and oxygen atoms in total. The number of aromatic nitrogens is 2. The first-order valence-corrected chi connectivity index (χ1v) is 11.8. The van der Waals surface area contributed by atoms with Crippen LogP contribution in [0.4, 0.5) is 0 Å². The Kier molecular flexibility index (Phi) is 7.05. The molecule has 5 aromatic rings. The van der Waals surface area contributed by atoms with E-state index in [1.165, 1.54) is 0 Å². The van der Waals surface area contributed by atoms with Crippen LogP contribution >= 0.6 is 11.6 Å². The van der Waals surface area contributed by atoms with E-state index in [0.29, 0.717) is 17.5 Å². The SMILES string of the molecule is O=C(Cn1c(-c2ccc(Cl)cc2)nc2ccccc21)N/N=C\c1ccc(OCc2ccccc2)cc1. The van der Waals surface area contributed by atoms with Gasteiger partial charge in [-0.15, -0.1) is 0 Å². The van der Waals surface area contributed by atoms with Crippen molar-refractivity contribution in [1.82, 2.24) is 15.0 Å². The second-order valence-corrected chi connectivity index (χ2v) is 8.59. The van der Waals surface area contributed by atoms with Crippen molar-refractivity contribution in [3.63, 3.8) is 0 Å². The standard InChI is InChI=1S/C29H23ClN4O2/c30-24-14-12-23(13-15-24)29-32-26-8-4-5-9-27(26)34(29)19-28(35)33-31-18-21-10-16-25(17-11-21)36-20-22-6-2-1-3-7-22/h1-18H,19-20H2,(H,33,35)/b31-18-. The van der Waals surface area contributed by atoms with Crippen LogP contribution in [0.3, 0.4) is 0 Å². The molecular weight excluding hydrogens is 472 g/mol. The lowest BCUT2D eigenvalue weighted by Gasteiger charge is -2.08. The number of amides is 1. The predicted molar refractivity (Wildman–Crippen MR) is 143 cm³/mol. The van der Waals surface area contributed by atoms with E-state index < -0.39 is 0 Å². The van der Waals surface area contributed by atoms with Crippen molar-refractivity contribution in [2.24, 2.45) is 5.10 Å². The molecule has 5 rings (SSSR count). The van der Waals surface area contributed by atoms with Crippen LogP contribution in [0.2, 0.25) is 5.02 Å². The van der Waals surface area contributed by atoms with Gasteiger partial charge in [0.1, 0.15) is 24.7 Å². The lowest BCUT2D eigenvalue weighted by atomic mass is 10.2. The fraction of sp³-hybridized carbons (Fsp3) is 0.0690. The van der Waals surface area contributed by atoms with Crippen molar-refractivity contribution in [3.05, 3.63) is 119 Å². The fourth-order valence-corrected chi connectivity index (χ4v) is 3.93. The first kappa shape index (κ1) is 23.3. The monoisotopic (exact) mass is 494 g/mol. The average molecular weight is 495 g/mol. The second kappa shape index (κ2) is 10.9. The number of carbonyl (C=O) groups excluding carboxylic acids is 1. The average Bonchev–Trinajstić information content (AvgIpc) is 3.27. The summed E-state index contributed by atoms with van der Waals surface area (Å²) in [4.78, 5) is 17.5. The molecule has 0 spiro atoms. The first-order valence-electron chi connectivity index (χ1n) is 11.5. The minimum Gasteiger partial charge on any atom is -0.489 e. The highest BCUT2D eigenvalue weighted by atomic mass is 35.5. The van der Waals surface area contributed by atoms with Crippen LogP contribution in [0.25, 0.3) is 22.4 Å². The van der Waals surface area contributed by atoms with Crippen molar-refractivity contribution in [2.75, 3.05) is 0 Å². The van der Waals surface area contributed by atoms with Gasteiger partial charge in [-0.3, -0.25) is 4.79 Å². The largest absolute Gasteiger partial charge is 0.489 e. The summed E-state index contributed by atoms with van der Waals surface area (Å²) in [7, 11) is 0. The molecule has 36 heavy (non-hydrogen) atoms. The molecule has 0 saturated carbocycles. The summed E-state index contributed by atoms with van der Waals surface area (Å²) in [5.74, 6) is 1.20. The normalized spacial score (nSPS) is 11.1. The quantitative estimate of drug-likeness (QED) is 0.210. The molecule has 0 unspecified atom stereocenters. The molecule has 0 saturated heterocycles. The molecule has 1 aromatic heterocycles. The maximum atomic E-state index is 12.7. The molecule has 178 valence electrons. The van der Waals surface area contributed by atoms with Gasteiger partial charge in [0.05, 0.1) is 17.2 Å². The summed E-state index contributed by atoms with van der Waals surface area (Å²) >= 11 is 6.05. The molecule has 7 heteroatoms. The van der Waals surface area contributed by atoms with E-state index in [-0.39, 0.29) is 12.5 Å². The Labute approximate surface area is 213 Å². The van der Waals surface area contributed by atoms with E-state index >= 15 is 0 Å². The summed E-state index contributed by atoms with van der Waals surface area (Å²) in [6.45, 7) is 0.577. The molecule has 0 bridgehead atoms. The molecule has 0 aliphatic heterocycles. The smallest absolute Gasteiger partial charge is 0.260 e. The van der Waals surface area contributed by atoms with E-state index in [0.717, 1.165) is 33.5 Å². The maximum absolute atomic E-state index is 12.7. The van der Waals surface area contributed by atoms with E-state index in [1.807, 2.05) is 108 Å². The molecule has 4 aromatic carbocycles. The zero-order valence-electron chi connectivity index (χ0n) is 19.3. The number of carbonyl (C=O) groups is 1. The van der Waals surface area contributed by atoms with Crippen LogP contribution < -0.4 is 10.2 Å². The van der Waals surface area contributed by atoms with Crippen LogP contribution in [0.15, 0.2) is 108 Å². The number of fused-ring (bicyclic) bond motifs is 1. The van der Waals surface area contributed by atoms with Crippen molar-refractivity contribution in [2.45, 2.75) is 13.2 Å². The highest BCUT2D eigenvalue weighted by Crippen LogP contribution is 2.26. The van der Waals surface area contributed by atoms with Gasteiger partial charge in [-0.2, -0.15) is 5.10 Å². The number of hydrogen-bond donors (Lipinski definition) is 1. The highest BCUT2D eigenvalue weighted by Gasteiger charge is 2.15. The fourth-order valence-electron chi connectivity index (χ4n) is 3.80. The Morgan fingerprint density at radius 1 is 0.917 bits per heavy atom. The van der Waals surface area contributed by atoms with Gasteiger partial charge in [0, 0.05) is 10.6 Å². The Balaban J connectivity index is 1.23. The molecule has 0 fully saturated rings. The molecule has 1 N–H and O–H groups in total. The minimum atomic E-state index is -0.257. The van der Waals surface area contributed by atoms with Crippen LogP contribution in [-0.2, 0) is 17.9 Å². The summed E-state index contributed by atoms with van der Waals surface area (Å²) in [5.41, 5.74) is 7.12. The summed E-state index contributed by atoms with van der Waals surface area (Å²) in [6.07, 6.45) is 1.60. The van der Waals surface area contributed by atoms with Crippen molar-refractivity contribution >= 4 is 34.8 Å². The lowest BCUT2D eigenvalue weighted by molar-refractivity contribution is -0.121.